The molecular weight excluding hydrogens is 488 g/mol. The van der Waals surface area contributed by atoms with Gasteiger partial charge in [-0.05, 0) is 56.3 Å². The van der Waals surface area contributed by atoms with Gasteiger partial charge in [0.15, 0.2) is 0 Å². The van der Waals surface area contributed by atoms with Crippen molar-refractivity contribution in [3.8, 4) is 0 Å². The summed E-state index contributed by atoms with van der Waals surface area (Å²) in [6, 6.07) is 17.0. The van der Waals surface area contributed by atoms with Crippen molar-refractivity contribution in [2.45, 2.75) is 31.3 Å². The number of hydrogen-bond acceptors (Lipinski definition) is 4. The normalized spacial score (nSPS) is 12.0. The van der Waals surface area contributed by atoms with Crippen LogP contribution in [0, 0.1) is 11.6 Å². The number of para-hydroxylation sites is 1. The third kappa shape index (κ3) is 6.25. The minimum absolute atomic E-state index is 0.176. The number of carbonyl (C=O) groups is 2. The van der Waals surface area contributed by atoms with E-state index < -0.39 is 46.1 Å². The second-order valence-corrected chi connectivity index (χ2v) is 9.85. The molecule has 0 spiro atoms. The molecular formula is C26H27F2N3O4S. The molecule has 1 N–H and O–H groups in total. The Morgan fingerprint density at radius 2 is 1.53 bits per heavy atom. The third-order valence-corrected chi connectivity index (χ3v) is 7.33. The van der Waals surface area contributed by atoms with E-state index in [2.05, 4.69) is 5.32 Å². The van der Waals surface area contributed by atoms with Gasteiger partial charge in [-0.25, -0.2) is 17.2 Å². The largest absolute Gasteiger partial charge is 0.355 e. The molecule has 0 aliphatic heterocycles. The van der Waals surface area contributed by atoms with Gasteiger partial charge in [0.1, 0.15) is 24.2 Å². The Labute approximate surface area is 209 Å². The van der Waals surface area contributed by atoms with E-state index in [1.807, 2.05) is 0 Å². The molecule has 0 heterocycles. The molecule has 36 heavy (non-hydrogen) atoms. The van der Waals surface area contributed by atoms with Crippen LogP contribution >= 0.6 is 0 Å². The monoisotopic (exact) mass is 515 g/mol. The molecule has 0 bridgehead atoms. The fourth-order valence-electron chi connectivity index (χ4n) is 3.57. The summed E-state index contributed by atoms with van der Waals surface area (Å²) in [5, 5.41) is 2.63. The molecule has 0 unspecified atom stereocenters. The number of benzene rings is 3. The van der Waals surface area contributed by atoms with E-state index in [9.17, 15) is 26.8 Å². The smallest absolute Gasteiger partial charge is 0.264 e. The number of nitrogens with zero attached hydrogens (tertiary/aromatic N) is 2. The van der Waals surface area contributed by atoms with E-state index in [0.717, 1.165) is 33.5 Å². The molecule has 3 aromatic carbocycles. The van der Waals surface area contributed by atoms with Crippen molar-refractivity contribution < 1.29 is 26.8 Å². The first-order valence-corrected chi connectivity index (χ1v) is 12.7. The molecule has 0 saturated heterocycles. The van der Waals surface area contributed by atoms with Gasteiger partial charge in [-0.3, -0.25) is 13.9 Å². The Balaban J connectivity index is 2.01. The molecule has 0 aliphatic rings. The lowest BCUT2D eigenvalue weighted by Gasteiger charge is -2.32. The average Bonchev–Trinajstić information content (AvgIpc) is 2.87. The van der Waals surface area contributed by atoms with Crippen LogP contribution in [0.4, 0.5) is 14.5 Å². The Bertz CT molecular complexity index is 1300. The van der Waals surface area contributed by atoms with Crippen molar-refractivity contribution in [3.05, 3.63) is 96.1 Å². The van der Waals surface area contributed by atoms with Gasteiger partial charge in [0, 0.05) is 18.7 Å². The summed E-state index contributed by atoms with van der Waals surface area (Å²) in [6.07, 6.45) is 0. The minimum Gasteiger partial charge on any atom is -0.355 e. The molecule has 3 aromatic rings. The predicted molar refractivity (Wildman–Crippen MR) is 132 cm³/mol. The number of halogens is 2. The molecule has 10 heteroatoms. The van der Waals surface area contributed by atoms with E-state index in [-0.39, 0.29) is 22.7 Å². The SMILES string of the molecule is CCNC(=O)[C@H](C)N(Cc1ccccc1F)C(=O)CN(c1ccccc1)S(=O)(=O)c1ccc(F)cc1. The Morgan fingerprint density at radius 3 is 2.14 bits per heavy atom. The molecule has 7 nitrogen and oxygen atoms in total. The van der Waals surface area contributed by atoms with Crippen LogP contribution in [0.15, 0.2) is 83.8 Å². The lowest BCUT2D eigenvalue weighted by molar-refractivity contribution is -0.139. The van der Waals surface area contributed by atoms with Gasteiger partial charge in [-0.15, -0.1) is 0 Å². The molecule has 0 radical (unpaired) electrons. The summed E-state index contributed by atoms with van der Waals surface area (Å²) < 4.78 is 55.8. The highest BCUT2D eigenvalue weighted by Crippen LogP contribution is 2.24. The van der Waals surface area contributed by atoms with Crippen LogP contribution in [0.3, 0.4) is 0 Å². The topological polar surface area (TPSA) is 86.8 Å². The fourth-order valence-corrected chi connectivity index (χ4v) is 4.99. The van der Waals surface area contributed by atoms with Gasteiger partial charge < -0.3 is 10.2 Å². The molecule has 0 aromatic heterocycles. The van der Waals surface area contributed by atoms with E-state index in [4.69, 9.17) is 0 Å². The van der Waals surface area contributed by atoms with Gasteiger partial charge in [0.25, 0.3) is 10.0 Å². The Kier molecular flexibility index (Phi) is 8.76. The zero-order valence-corrected chi connectivity index (χ0v) is 20.7. The number of sulfonamides is 1. The van der Waals surface area contributed by atoms with Gasteiger partial charge in [-0.1, -0.05) is 36.4 Å². The first-order chi connectivity index (χ1) is 17.1. The van der Waals surface area contributed by atoms with Gasteiger partial charge >= 0.3 is 0 Å². The lowest BCUT2D eigenvalue weighted by Crippen LogP contribution is -2.51. The van der Waals surface area contributed by atoms with Gasteiger partial charge in [-0.2, -0.15) is 0 Å². The highest BCUT2D eigenvalue weighted by molar-refractivity contribution is 7.92. The third-order valence-electron chi connectivity index (χ3n) is 5.54. The van der Waals surface area contributed by atoms with Crippen molar-refractivity contribution in [1.29, 1.82) is 0 Å². The van der Waals surface area contributed by atoms with Crippen LogP contribution in [0.5, 0.6) is 0 Å². The second kappa shape index (κ2) is 11.8. The van der Waals surface area contributed by atoms with Crippen LogP contribution in [0.25, 0.3) is 0 Å². The highest BCUT2D eigenvalue weighted by atomic mass is 32.2. The molecule has 190 valence electrons. The number of hydrogen-bond donors (Lipinski definition) is 1. The van der Waals surface area contributed by atoms with Crippen LogP contribution in [0.2, 0.25) is 0 Å². The molecule has 3 rings (SSSR count). The summed E-state index contributed by atoms with van der Waals surface area (Å²) in [5.74, 6) is -2.35. The molecule has 1 atom stereocenters. The summed E-state index contributed by atoms with van der Waals surface area (Å²) in [7, 11) is -4.29. The first-order valence-electron chi connectivity index (χ1n) is 11.3. The lowest BCUT2D eigenvalue weighted by atomic mass is 10.1. The van der Waals surface area contributed by atoms with Crippen LogP contribution in [-0.4, -0.2) is 44.3 Å². The Hall–Kier alpha value is -3.79. The first kappa shape index (κ1) is 26.8. The standard InChI is InChI=1S/C26H27F2N3O4S/c1-3-29-26(33)19(2)30(17-20-9-7-8-12-24(20)28)25(32)18-31(22-10-5-4-6-11-22)36(34,35)23-15-13-21(27)14-16-23/h4-16,19H,3,17-18H2,1-2H3,(H,29,33)/t19-/m0/s1. The van der Waals surface area contributed by atoms with E-state index in [1.165, 1.54) is 37.3 Å². The van der Waals surface area contributed by atoms with Crippen molar-refractivity contribution in [1.82, 2.24) is 10.2 Å². The van der Waals surface area contributed by atoms with Crippen molar-refractivity contribution in [3.63, 3.8) is 0 Å². The highest BCUT2D eigenvalue weighted by Gasteiger charge is 2.32. The van der Waals surface area contributed by atoms with Crippen molar-refractivity contribution >= 4 is 27.5 Å². The van der Waals surface area contributed by atoms with E-state index >= 15 is 0 Å². The fraction of sp³-hybridized carbons (Fsp3) is 0.231. The molecule has 0 aliphatic carbocycles. The zero-order valence-electron chi connectivity index (χ0n) is 19.9. The summed E-state index contributed by atoms with van der Waals surface area (Å²) in [6.45, 7) is 2.62. The summed E-state index contributed by atoms with van der Waals surface area (Å²) >= 11 is 0. The van der Waals surface area contributed by atoms with Crippen LogP contribution in [-0.2, 0) is 26.2 Å². The van der Waals surface area contributed by atoms with Crippen LogP contribution < -0.4 is 9.62 Å². The number of amides is 2. The second-order valence-electron chi connectivity index (χ2n) is 7.98. The number of carbonyl (C=O) groups excluding carboxylic acids is 2. The van der Waals surface area contributed by atoms with Gasteiger partial charge in [0.2, 0.25) is 11.8 Å². The minimum atomic E-state index is -4.29. The maximum absolute atomic E-state index is 14.4. The number of anilines is 1. The van der Waals surface area contributed by atoms with E-state index in [1.54, 1.807) is 31.2 Å². The predicted octanol–water partition coefficient (Wildman–Crippen LogP) is 3.71. The summed E-state index contributed by atoms with van der Waals surface area (Å²) in [5.41, 5.74) is 0.376. The molecule has 0 fully saturated rings. The molecule has 0 saturated carbocycles. The molecule has 2 amide bonds. The maximum atomic E-state index is 14.4. The Morgan fingerprint density at radius 1 is 0.917 bits per heavy atom. The van der Waals surface area contributed by atoms with E-state index in [0.29, 0.717) is 6.54 Å². The quantitative estimate of drug-likeness (QED) is 0.446. The number of likely N-dealkylation sites (N-methyl/N-ethyl adjacent to an activating group) is 1. The van der Waals surface area contributed by atoms with Crippen LogP contribution in [0.1, 0.15) is 19.4 Å². The van der Waals surface area contributed by atoms with Crippen molar-refractivity contribution in [2.24, 2.45) is 0 Å². The van der Waals surface area contributed by atoms with Crippen molar-refractivity contribution in [2.75, 3.05) is 17.4 Å². The average molecular weight is 516 g/mol. The number of nitrogens with one attached hydrogen (secondary N) is 1. The summed E-state index contributed by atoms with van der Waals surface area (Å²) in [4.78, 5) is 27.1. The number of rotatable bonds is 10. The maximum Gasteiger partial charge on any atom is 0.264 e. The zero-order chi connectivity index (χ0) is 26.3. The van der Waals surface area contributed by atoms with Gasteiger partial charge in [0.05, 0.1) is 10.6 Å².